The highest BCUT2D eigenvalue weighted by molar-refractivity contribution is 5.90. The lowest BCUT2D eigenvalue weighted by Gasteiger charge is -2.21. The minimum atomic E-state index is -0.648. The number of H-pyrrole nitrogens is 1. The number of aromatic amines is 1. The molecule has 2 heterocycles. The topological polar surface area (TPSA) is 119 Å². The lowest BCUT2D eigenvalue weighted by molar-refractivity contribution is 0.0993. The van der Waals surface area contributed by atoms with Crippen LogP contribution in [0.15, 0.2) is 61.1 Å². The molecule has 2 aromatic heterocycles. The average molecular weight is 405 g/mol. The minimum absolute atomic E-state index is 0.167. The van der Waals surface area contributed by atoms with Gasteiger partial charge in [-0.3, -0.25) is 4.79 Å². The molecule has 2 atom stereocenters. The summed E-state index contributed by atoms with van der Waals surface area (Å²) in [5.41, 5.74) is 8.24. The zero-order valence-electron chi connectivity index (χ0n) is 16.5. The van der Waals surface area contributed by atoms with E-state index >= 15 is 0 Å². The van der Waals surface area contributed by atoms with E-state index in [0.717, 1.165) is 22.4 Å². The molecule has 4 aromatic rings. The molecule has 154 valence electrons. The Balaban J connectivity index is 1.44. The lowest BCUT2D eigenvalue weighted by Crippen LogP contribution is -2.23. The molecule has 0 saturated heterocycles. The molecular weight excluding hydrogens is 382 g/mol. The number of aromatic nitrogens is 4. The third-order valence-corrected chi connectivity index (χ3v) is 4.97. The van der Waals surface area contributed by atoms with Crippen LogP contribution in [0.4, 0.5) is 0 Å². The molecule has 0 saturated carbocycles. The number of fused-ring (bicyclic) bond motifs is 1. The highest BCUT2D eigenvalue weighted by Crippen LogP contribution is 2.25. The van der Waals surface area contributed by atoms with E-state index in [0.29, 0.717) is 18.8 Å². The van der Waals surface area contributed by atoms with E-state index in [9.17, 15) is 9.90 Å². The van der Waals surface area contributed by atoms with Crippen LogP contribution in [-0.4, -0.2) is 43.2 Å². The number of carbonyl (C=O) groups is 1. The van der Waals surface area contributed by atoms with Crippen LogP contribution in [0.25, 0.3) is 22.4 Å². The smallest absolute Gasteiger partial charge is 0.268 e. The maximum Gasteiger partial charge on any atom is 0.268 e. The van der Waals surface area contributed by atoms with Crippen molar-refractivity contribution in [3.63, 3.8) is 0 Å². The number of carbonyl (C=O) groups excluding carboxylic acids is 1. The molecule has 2 aromatic carbocycles. The van der Waals surface area contributed by atoms with Gasteiger partial charge in [0.05, 0.1) is 36.1 Å². The fourth-order valence-electron chi connectivity index (χ4n) is 3.40. The van der Waals surface area contributed by atoms with Crippen LogP contribution in [0.1, 0.15) is 29.9 Å². The quantitative estimate of drug-likeness (QED) is 0.416. The number of aliphatic hydroxyl groups is 1. The summed E-state index contributed by atoms with van der Waals surface area (Å²) in [6, 6.07) is 15.3. The Bertz CT molecular complexity index is 1130. The number of hydrogen-bond donors (Lipinski definition) is 3. The Hall–Kier alpha value is -3.65. The van der Waals surface area contributed by atoms with Gasteiger partial charge in [-0.2, -0.15) is 0 Å². The van der Waals surface area contributed by atoms with Gasteiger partial charge in [0, 0.05) is 18.2 Å². The Morgan fingerprint density at radius 3 is 2.83 bits per heavy atom. The zero-order valence-corrected chi connectivity index (χ0v) is 16.5. The number of hydrogen-bond acceptors (Lipinski definition) is 5. The summed E-state index contributed by atoms with van der Waals surface area (Å²) in [5, 5.41) is 10.1. The second kappa shape index (κ2) is 8.38. The van der Waals surface area contributed by atoms with Crippen molar-refractivity contribution in [3.8, 4) is 17.1 Å². The number of aliphatic hydroxyl groups excluding tert-OH is 1. The number of nitrogens with zero attached hydrogens (tertiary/aromatic N) is 3. The first-order valence-corrected chi connectivity index (χ1v) is 9.70. The van der Waals surface area contributed by atoms with Crippen LogP contribution in [-0.2, 0) is 0 Å². The SMILES string of the molecule is C[C@H](O)[C@@H](CCOc1cccc(-c2nc3ccccc3[nH]2)c1)n1cnc(C(N)=O)c1. The number of nitrogens with one attached hydrogen (secondary N) is 1. The normalized spacial score (nSPS) is 13.3. The molecule has 0 radical (unpaired) electrons. The molecule has 0 bridgehead atoms. The number of para-hydroxylation sites is 2. The number of nitrogens with two attached hydrogens (primary N) is 1. The number of rotatable bonds is 8. The second-order valence-electron chi connectivity index (χ2n) is 7.15. The molecule has 0 fully saturated rings. The van der Waals surface area contributed by atoms with Crippen molar-refractivity contribution >= 4 is 16.9 Å². The Morgan fingerprint density at radius 1 is 1.27 bits per heavy atom. The van der Waals surface area contributed by atoms with Gasteiger partial charge in [-0.05, 0) is 31.2 Å². The van der Waals surface area contributed by atoms with E-state index in [-0.39, 0.29) is 11.7 Å². The number of benzene rings is 2. The first-order valence-electron chi connectivity index (χ1n) is 9.70. The Labute approximate surface area is 173 Å². The van der Waals surface area contributed by atoms with Gasteiger partial charge in [0.1, 0.15) is 17.3 Å². The molecule has 4 N–H and O–H groups in total. The summed E-state index contributed by atoms with van der Waals surface area (Å²) in [6.45, 7) is 2.07. The Kier molecular flexibility index (Phi) is 5.49. The molecule has 0 aliphatic carbocycles. The minimum Gasteiger partial charge on any atom is -0.493 e. The first kappa shape index (κ1) is 19.7. The van der Waals surface area contributed by atoms with Crippen molar-refractivity contribution in [2.24, 2.45) is 5.73 Å². The standard InChI is InChI=1S/C22H23N5O3/c1-14(28)20(27-12-19(21(23)29)24-13-27)9-10-30-16-6-4-5-15(11-16)22-25-17-7-2-3-8-18(17)26-22/h2-8,11-14,20,28H,9-10H2,1H3,(H2,23,29)(H,25,26)/t14-,20+/m0/s1. The molecule has 1 amide bonds. The number of primary amides is 1. The maximum atomic E-state index is 11.3. The van der Waals surface area contributed by atoms with Crippen molar-refractivity contribution in [2.75, 3.05) is 6.61 Å². The maximum absolute atomic E-state index is 11.3. The van der Waals surface area contributed by atoms with Crippen molar-refractivity contribution in [2.45, 2.75) is 25.5 Å². The van der Waals surface area contributed by atoms with E-state index in [2.05, 4.69) is 15.0 Å². The van der Waals surface area contributed by atoms with Crippen molar-refractivity contribution in [3.05, 3.63) is 66.7 Å². The molecular formula is C22H23N5O3. The first-order chi connectivity index (χ1) is 14.5. The number of ether oxygens (including phenoxy) is 1. The van der Waals surface area contributed by atoms with E-state index in [1.54, 1.807) is 17.7 Å². The van der Waals surface area contributed by atoms with Crippen LogP contribution >= 0.6 is 0 Å². The van der Waals surface area contributed by atoms with Crippen LogP contribution in [0.5, 0.6) is 5.75 Å². The summed E-state index contributed by atoms with van der Waals surface area (Å²) in [5.74, 6) is 0.887. The van der Waals surface area contributed by atoms with Gasteiger partial charge in [-0.25, -0.2) is 9.97 Å². The highest BCUT2D eigenvalue weighted by Gasteiger charge is 2.19. The van der Waals surface area contributed by atoms with Crippen LogP contribution < -0.4 is 10.5 Å². The van der Waals surface area contributed by atoms with E-state index < -0.39 is 12.0 Å². The highest BCUT2D eigenvalue weighted by atomic mass is 16.5. The molecule has 0 unspecified atom stereocenters. The molecule has 8 heteroatoms. The largest absolute Gasteiger partial charge is 0.493 e. The van der Waals surface area contributed by atoms with Gasteiger partial charge >= 0.3 is 0 Å². The molecule has 0 spiro atoms. The summed E-state index contributed by atoms with van der Waals surface area (Å²) >= 11 is 0. The summed E-state index contributed by atoms with van der Waals surface area (Å²) in [6.07, 6.45) is 2.92. The van der Waals surface area contributed by atoms with Gasteiger partial charge < -0.3 is 25.1 Å². The van der Waals surface area contributed by atoms with Crippen molar-refractivity contribution in [1.29, 1.82) is 0 Å². The predicted octanol–water partition coefficient (Wildman–Crippen LogP) is 2.92. The van der Waals surface area contributed by atoms with Crippen molar-refractivity contribution < 1.29 is 14.6 Å². The molecule has 0 aliphatic rings. The van der Waals surface area contributed by atoms with Gasteiger partial charge in [-0.1, -0.05) is 24.3 Å². The van der Waals surface area contributed by atoms with Crippen LogP contribution in [0.2, 0.25) is 0 Å². The zero-order chi connectivity index (χ0) is 21.1. The van der Waals surface area contributed by atoms with E-state index in [1.807, 2.05) is 48.5 Å². The van der Waals surface area contributed by atoms with Gasteiger partial charge in [0.2, 0.25) is 0 Å². The van der Waals surface area contributed by atoms with Gasteiger partial charge in [0.25, 0.3) is 5.91 Å². The number of amides is 1. The van der Waals surface area contributed by atoms with Gasteiger partial charge in [-0.15, -0.1) is 0 Å². The predicted molar refractivity (Wildman–Crippen MR) is 113 cm³/mol. The summed E-state index contributed by atoms with van der Waals surface area (Å²) < 4.78 is 7.61. The van der Waals surface area contributed by atoms with Crippen LogP contribution in [0, 0.1) is 0 Å². The van der Waals surface area contributed by atoms with Gasteiger partial charge in [0.15, 0.2) is 0 Å². The second-order valence-corrected chi connectivity index (χ2v) is 7.15. The molecule has 30 heavy (non-hydrogen) atoms. The fourth-order valence-corrected chi connectivity index (χ4v) is 3.40. The Morgan fingerprint density at radius 2 is 2.10 bits per heavy atom. The monoisotopic (exact) mass is 405 g/mol. The number of imidazole rings is 2. The van der Waals surface area contributed by atoms with E-state index in [4.69, 9.17) is 10.5 Å². The van der Waals surface area contributed by atoms with E-state index in [1.165, 1.54) is 6.33 Å². The third-order valence-electron chi connectivity index (χ3n) is 4.97. The average Bonchev–Trinajstić information content (AvgIpc) is 3.38. The molecule has 4 rings (SSSR count). The third kappa shape index (κ3) is 4.18. The molecule has 0 aliphatic heterocycles. The van der Waals surface area contributed by atoms with Crippen molar-refractivity contribution in [1.82, 2.24) is 19.5 Å². The molecule has 8 nitrogen and oxygen atoms in total. The summed E-state index contributed by atoms with van der Waals surface area (Å²) in [4.78, 5) is 23.2. The van der Waals surface area contributed by atoms with Crippen LogP contribution in [0.3, 0.4) is 0 Å². The fraction of sp³-hybridized carbons (Fsp3) is 0.227. The summed E-state index contributed by atoms with van der Waals surface area (Å²) in [7, 11) is 0. The lowest BCUT2D eigenvalue weighted by atomic mass is 10.1.